The maximum atomic E-state index is 3.58. The molecule has 0 unspecified atom stereocenters. The van der Waals surface area contributed by atoms with Gasteiger partial charge in [-0.2, -0.15) is 0 Å². The smallest absolute Gasteiger partial charge is 0.0480 e. The van der Waals surface area contributed by atoms with Crippen LogP contribution in [0.5, 0.6) is 0 Å². The molecule has 3 heteroatoms. The van der Waals surface area contributed by atoms with Crippen LogP contribution in [-0.2, 0) is 0 Å². The van der Waals surface area contributed by atoms with Crippen LogP contribution in [0.1, 0.15) is 6.42 Å². The number of rotatable bonds is 2. The second-order valence-electron chi connectivity index (χ2n) is 3.37. The normalized spacial score (nSPS) is 25.3. The van der Waals surface area contributed by atoms with Crippen LogP contribution >= 0.6 is 38.5 Å². The van der Waals surface area contributed by atoms with Gasteiger partial charge in [-0.3, -0.25) is 0 Å². The van der Waals surface area contributed by atoms with E-state index in [0.717, 1.165) is 6.42 Å². The monoisotopic (exact) mass is 363 g/mol. The SMILES string of the molecule is Br[C@H]1C=C[C@@H](Nc2ccccc2I)C1. The van der Waals surface area contributed by atoms with Gasteiger partial charge in [-0.25, -0.2) is 0 Å². The Hall–Kier alpha value is -0.0300. The van der Waals surface area contributed by atoms with Crippen molar-refractivity contribution in [2.45, 2.75) is 17.3 Å². The highest BCUT2D eigenvalue weighted by atomic mass is 127. The van der Waals surface area contributed by atoms with Crippen molar-refractivity contribution in [2.75, 3.05) is 5.32 Å². The first-order valence-corrected chi connectivity index (χ1v) is 6.58. The molecule has 0 aromatic heterocycles. The van der Waals surface area contributed by atoms with Gasteiger partial charge in [0.25, 0.3) is 0 Å². The number of benzene rings is 1. The van der Waals surface area contributed by atoms with E-state index < -0.39 is 0 Å². The standard InChI is InChI=1S/C11H11BrIN/c12-8-5-6-9(7-8)14-11-4-2-1-3-10(11)13/h1-6,8-9,14H,7H2/t8-,9+/m0/s1. The molecule has 0 bridgehead atoms. The van der Waals surface area contributed by atoms with Crippen molar-refractivity contribution in [1.29, 1.82) is 0 Å². The van der Waals surface area contributed by atoms with Gasteiger partial charge in [-0.05, 0) is 41.1 Å². The Labute approximate surface area is 106 Å². The van der Waals surface area contributed by atoms with Crippen LogP contribution < -0.4 is 5.32 Å². The van der Waals surface area contributed by atoms with Gasteiger partial charge in [0.1, 0.15) is 0 Å². The Bertz CT molecular complexity index is 351. The lowest BCUT2D eigenvalue weighted by Gasteiger charge is -2.14. The maximum absolute atomic E-state index is 3.58. The van der Waals surface area contributed by atoms with Crippen LogP contribution in [0.4, 0.5) is 5.69 Å². The van der Waals surface area contributed by atoms with E-state index in [1.807, 2.05) is 0 Å². The summed E-state index contributed by atoms with van der Waals surface area (Å²) < 4.78 is 1.27. The molecule has 2 atom stereocenters. The first kappa shape index (κ1) is 10.5. The number of halogens is 2. The van der Waals surface area contributed by atoms with E-state index in [1.165, 1.54) is 9.26 Å². The molecular weight excluding hydrogens is 353 g/mol. The van der Waals surface area contributed by atoms with E-state index in [-0.39, 0.29) is 0 Å². The molecular formula is C11H11BrIN. The van der Waals surface area contributed by atoms with Crippen molar-refractivity contribution in [2.24, 2.45) is 0 Å². The summed E-state index contributed by atoms with van der Waals surface area (Å²) >= 11 is 5.94. The third-order valence-electron chi connectivity index (χ3n) is 2.25. The van der Waals surface area contributed by atoms with Crippen LogP contribution in [0.25, 0.3) is 0 Å². The fourth-order valence-electron chi connectivity index (χ4n) is 1.54. The molecule has 1 aliphatic carbocycles. The number of allylic oxidation sites excluding steroid dienone is 1. The maximum Gasteiger partial charge on any atom is 0.0480 e. The molecule has 14 heavy (non-hydrogen) atoms. The predicted octanol–water partition coefficient (Wildman–Crippen LogP) is 3.80. The number of anilines is 1. The number of hydrogen-bond donors (Lipinski definition) is 1. The quantitative estimate of drug-likeness (QED) is 0.479. The molecule has 2 rings (SSSR count). The Morgan fingerprint density at radius 3 is 2.71 bits per heavy atom. The van der Waals surface area contributed by atoms with E-state index in [2.05, 4.69) is 80.3 Å². The lowest BCUT2D eigenvalue weighted by Crippen LogP contribution is -2.16. The molecule has 1 N–H and O–H groups in total. The molecule has 0 amide bonds. The van der Waals surface area contributed by atoms with E-state index in [1.54, 1.807) is 0 Å². The molecule has 0 heterocycles. The highest BCUT2D eigenvalue weighted by Gasteiger charge is 2.16. The Kier molecular flexibility index (Phi) is 3.49. The van der Waals surface area contributed by atoms with Gasteiger partial charge >= 0.3 is 0 Å². The zero-order valence-corrected chi connectivity index (χ0v) is 11.3. The van der Waals surface area contributed by atoms with Crippen molar-refractivity contribution in [3.63, 3.8) is 0 Å². The van der Waals surface area contributed by atoms with Gasteiger partial charge in [0.15, 0.2) is 0 Å². The zero-order chi connectivity index (χ0) is 9.97. The van der Waals surface area contributed by atoms with Crippen LogP contribution in [0.2, 0.25) is 0 Å². The van der Waals surface area contributed by atoms with E-state index in [4.69, 9.17) is 0 Å². The van der Waals surface area contributed by atoms with Gasteiger partial charge in [0, 0.05) is 20.1 Å². The summed E-state index contributed by atoms with van der Waals surface area (Å²) in [6.07, 6.45) is 5.56. The first-order valence-electron chi connectivity index (χ1n) is 4.59. The topological polar surface area (TPSA) is 12.0 Å². The summed E-state index contributed by atoms with van der Waals surface area (Å²) in [5, 5.41) is 3.52. The van der Waals surface area contributed by atoms with Gasteiger partial charge in [-0.15, -0.1) is 0 Å². The molecule has 0 fully saturated rings. The van der Waals surface area contributed by atoms with E-state index in [0.29, 0.717) is 10.9 Å². The Morgan fingerprint density at radius 2 is 2.07 bits per heavy atom. The third kappa shape index (κ3) is 2.51. The van der Waals surface area contributed by atoms with Gasteiger partial charge < -0.3 is 5.32 Å². The minimum absolute atomic E-state index is 0.468. The number of hydrogen-bond acceptors (Lipinski definition) is 1. The lowest BCUT2D eigenvalue weighted by atomic mass is 10.2. The van der Waals surface area contributed by atoms with Crippen LogP contribution in [0.15, 0.2) is 36.4 Å². The highest BCUT2D eigenvalue weighted by molar-refractivity contribution is 14.1. The average Bonchev–Trinajstić information content (AvgIpc) is 2.56. The average molecular weight is 364 g/mol. The van der Waals surface area contributed by atoms with Crippen molar-refractivity contribution in [3.05, 3.63) is 40.0 Å². The second-order valence-corrected chi connectivity index (χ2v) is 5.71. The second kappa shape index (κ2) is 4.66. The molecule has 1 nitrogen and oxygen atoms in total. The lowest BCUT2D eigenvalue weighted by molar-refractivity contribution is 0.841. The minimum atomic E-state index is 0.468. The summed E-state index contributed by atoms with van der Waals surface area (Å²) in [5.74, 6) is 0. The van der Waals surface area contributed by atoms with Crippen molar-refractivity contribution < 1.29 is 0 Å². The molecule has 0 aliphatic heterocycles. The third-order valence-corrected chi connectivity index (χ3v) is 3.87. The predicted molar refractivity (Wildman–Crippen MR) is 73.0 cm³/mol. The molecule has 1 aromatic carbocycles. The van der Waals surface area contributed by atoms with Crippen molar-refractivity contribution >= 4 is 44.2 Å². The van der Waals surface area contributed by atoms with Crippen LogP contribution in [0, 0.1) is 3.57 Å². The van der Waals surface area contributed by atoms with E-state index in [9.17, 15) is 0 Å². The Morgan fingerprint density at radius 1 is 1.29 bits per heavy atom. The number of nitrogens with one attached hydrogen (secondary N) is 1. The fourth-order valence-corrected chi connectivity index (χ4v) is 2.66. The summed E-state index contributed by atoms with van der Waals surface area (Å²) in [6.45, 7) is 0. The largest absolute Gasteiger partial charge is 0.378 e. The van der Waals surface area contributed by atoms with Gasteiger partial charge in [-0.1, -0.05) is 40.2 Å². The van der Waals surface area contributed by atoms with Crippen LogP contribution in [0.3, 0.4) is 0 Å². The van der Waals surface area contributed by atoms with Crippen molar-refractivity contribution in [3.8, 4) is 0 Å². The fraction of sp³-hybridized carbons (Fsp3) is 0.273. The van der Waals surface area contributed by atoms with Gasteiger partial charge in [0.05, 0.1) is 0 Å². The van der Waals surface area contributed by atoms with Crippen molar-refractivity contribution in [1.82, 2.24) is 0 Å². The van der Waals surface area contributed by atoms with Crippen LogP contribution in [-0.4, -0.2) is 10.9 Å². The van der Waals surface area contributed by atoms with Gasteiger partial charge in [0.2, 0.25) is 0 Å². The number of para-hydroxylation sites is 1. The molecule has 0 spiro atoms. The summed E-state index contributed by atoms with van der Waals surface area (Å²) in [6, 6.07) is 8.83. The first-order chi connectivity index (χ1) is 6.75. The summed E-state index contributed by atoms with van der Waals surface area (Å²) in [7, 11) is 0. The highest BCUT2D eigenvalue weighted by Crippen LogP contribution is 2.24. The molecule has 1 aliphatic rings. The summed E-state index contributed by atoms with van der Waals surface area (Å²) in [4.78, 5) is 0.529. The molecule has 0 saturated heterocycles. The Balaban J connectivity index is 2.05. The molecule has 74 valence electrons. The summed E-state index contributed by atoms with van der Waals surface area (Å²) in [5.41, 5.74) is 1.23. The molecule has 0 saturated carbocycles. The van der Waals surface area contributed by atoms with E-state index >= 15 is 0 Å². The zero-order valence-electron chi connectivity index (χ0n) is 7.58. The minimum Gasteiger partial charge on any atom is -0.378 e. The molecule has 1 aromatic rings. The number of alkyl halides is 1. The molecule has 0 radical (unpaired) electrons.